The van der Waals surface area contributed by atoms with Crippen LogP contribution in [-0.2, 0) is 16.4 Å². The largest absolute Gasteiger partial charge is 0.492 e. The van der Waals surface area contributed by atoms with Gasteiger partial charge < -0.3 is 16.2 Å². The summed E-state index contributed by atoms with van der Waals surface area (Å²) in [5.41, 5.74) is 13.5. The van der Waals surface area contributed by atoms with E-state index in [0.717, 1.165) is 38.0 Å². The Morgan fingerprint density at radius 2 is 1.77 bits per heavy atom. The van der Waals surface area contributed by atoms with Crippen LogP contribution in [0.1, 0.15) is 18.4 Å². The molecule has 2 heterocycles. The van der Waals surface area contributed by atoms with Crippen molar-refractivity contribution in [3.63, 3.8) is 0 Å². The number of rotatable bonds is 6. The molecule has 0 spiro atoms. The molecule has 4 rings (SSSR count). The maximum Gasteiger partial charge on any atom is 0.222 e. The Morgan fingerprint density at radius 1 is 1.06 bits per heavy atom. The van der Waals surface area contributed by atoms with Gasteiger partial charge in [0, 0.05) is 12.8 Å². The van der Waals surface area contributed by atoms with E-state index in [4.69, 9.17) is 16.2 Å². The van der Waals surface area contributed by atoms with Gasteiger partial charge >= 0.3 is 0 Å². The van der Waals surface area contributed by atoms with Crippen LogP contribution in [0.15, 0.2) is 47.4 Å². The fourth-order valence-corrected chi connectivity index (χ4v) is 4.57. The average molecular weight is 442 g/mol. The topological polar surface area (TPSA) is 124 Å². The van der Waals surface area contributed by atoms with Crippen molar-refractivity contribution in [2.45, 2.75) is 24.3 Å². The number of hydrogen-bond acceptors (Lipinski definition) is 8. The van der Waals surface area contributed by atoms with Crippen LogP contribution in [0.4, 0.5) is 11.8 Å². The number of piperidine rings is 1. The number of nitrogens with zero attached hydrogens (tertiary/aromatic N) is 3. The van der Waals surface area contributed by atoms with Gasteiger partial charge in [0.15, 0.2) is 9.84 Å². The molecule has 2 aromatic carbocycles. The Labute approximate surface area is 182 Å². The number of nitrogen functional groups attached to an aromatic ring is 2. The zero-order chi connectivity index (χ0) is 22.0. The highest BCUT2D eigenvalue weighted by Crippen LogP contribution is 2.30. The second-order valence-electron chi connectivity index (χ2n) is 8.06. The molecule has 1 aromatic heterocycles. The molecule has 0 saturated carbocycles. The molecular weight excluding hydrogens is 414 g/mol. The predicted molar refractivity (Wildman–Crippen MR) is 121 cm³/mol. The van der Waals surface area contributed by atoms with Gasteiger partial charge in [0.25, 0.3) is 0 Å². The van der Waals surface area contributed by atoms with Crippen LogP contribution in [-0.4, -0.2) is 49.2 Å². The van der Waals surface area contributed by atoms with Gasteiger partial charge in [0.2, 0.25) is 5.95 Å². The molecule has 1 aliphatic heterocycles. The zero-order valence-corrected chi connectivity index (χ0v) is 18.3. The fourth-order valence-electron chi connectivity index (χ4n) is 3.94. The van der Waals surface area contributed by atoms with Gasteiger partial charge in [0.1, 0.15) is 11.6 Å². The lowest BCUT2D eigenvalue weighted by Gasteiger charge is -2.32. The van der Waals surface area contributed by atoms with Crippen molar-refractivity contribution in [3.05, 3.63) is 48.0 Å². The van der Waals surface area contributed by atoms with Gasteiger partial charge in [0.05, 0.1) is 22.4 Å². The molecule has 0 aliphatic carbocycles. The van der Waals surface area contributed by atoms with Crippen molar-refractivity contribution in [2.24, 2.45) is 5.92 Å². The van der Waals surface area contributed by atoms with E-state index in [1.807, 2.05) is 30.3 Å². The van der Waals surface area contributed by atoms with E-state index >= 15 is 0 Å². The smallest absolute Gasteiger partial charge is 0.222 e. The zero-order valence-electron chi connectivity index (χ0n) is 17.5. The first kappa shape index (κ1) is 21.3. The summed E-state index contributed by atoms with van der Waals surface area (Å²) >= 11 is 0. The van der Waals surface area contributed by atoms with E-state index in [1.165, 1.54) is 6.26 Å². The Bertz CT molecular complexity index is 1170. The second-order valence-corrected chi connectivity index (χ2v) is 10.1. The summed E-state index contributed by atoms with van der Waals surface area (Å²) < 4.78 is 29.3. The van der Waals surface area contributed by atoms with E-state index in [1.54, 1.807) is 12.1 Å². The van der Waals surface area contributed by atoms with E-state index in [2.05, 4.69) is 14.9 Å². The molecule has 4 N–H and O–H groups in total. The van der Waals surface area contributed by atoms with Crippen LogP contribution in [0.5, 0.6) is 5.75 Å². The van der Waals surface area contributed by atoms with Crippen molar-refractivity contribution in [2.75, 3.05) is 37.4 Å². The first-order valence-electron chi connectivity index (χ1n) is 10.3. The molecule has 1 saturated heterocycles. The lowest BCUT2D eigenvalue weighted by molar-refractivity contribution is 0.137. The minimum atomic E-state index is -3.16. The van der Waals surface area contributed by atoms with Crippen molar-refractivity contribution in [1.29, 1.82) is 0 Å². The predicted octanol–water partition coefficient (Wildman–Crippen LogP) is 2.49. The van der Waals surface area contributed by atoms with Crippen LogP contribution >= 0.6 is 0 Å². The SMILES string of the molecule is CS(=O)(=O)c1ccc(CN2CCC(COc3cccc4nc(N)nc(N)c34)CC2)cc1. The van der Waals surface area contributed by atoms with Gasteiger partial charge in [-0.25, -0.2) is 13.4 Å². The van der Waals surface area contributed by atoms with Crippen LogP contribution in [0, 0.1) is 5.92 Å². The number of likely N-dealkylation sites (tertiary alicyclic amines) is 1. The first-order valence-corrected chi connectivity index (χ1v) is 12.1. The highest BCUT2D eigenvalue weighted by molar-refractivity contribution is 7.90. The highest BCUT2D eigenvalue weighted by atomic mass is 32.2. The van der Waals surface area contributed by atoms with Crippen molar-refractivity contribution in [3.8, 4) is 5.75 Å². The molecule has 3 aromatic rings. The minimum absolute atomic E-state index is 0.153. The first-order chi connectivity index (χ1) is 14.8. The summed E-state index contributed by atoms with van der Waals surface area (Å²) in [4.78, 5) is 11.0. The molecule has 0 amide bonds. The third-order valence-electron chi connectivity index (χ3n) is 5.67. The molecule has 9 heteroatoms. The third-order valence-corrected chi connectivity index (χ3v) is 6.80. The van der Waals surface area contributed by atoms with Gasteiger partial charge in [-0.15, -0.1) is 0 Å². The van der Waals surface area contributed by atoms with E-state index in [0.29, 0.717) is 39.9 Å². The minimum Gasteiger partial charge on any atom is -0.492 e. The van der Waals surface area contributed by atoms with Gasteiger partial charge in [-0.1, -0.05) is 18.2 Å². The maximum atomic E-state index is 11.6. The molecule has 1 fully saturated rings. The van der Waals surface area contributed by atoms with Crippen molar-refractivity contribution >= 4 is 32.5 Å². The number of aromatic nitrogens is 2. The van der Waals surface area contributed by atoms with Gasteiger partial charge in [-0.2, -0.15) is 4.98 Å². The van der Waals surface area contributed by atoms with Crippen LogP contribution in [0.25, 0.3) is 10.9 Å². The molecule has 0 atom stereocenters. The Morgan fingerprint density at radius 3 is 2.45 bits per heavy atom. The molecular formula is C22H27N5O3S. The van der Waals surface area contributed by atoms with E-state index < -0.39 is 9.84 Å². The number of ether oxygens (including phenoxy) is 1. The quantitative estimate of drug-likeness (QED) is 0.598. The Balaban J connectivity index is 1.31. The molecule has 164 valence electrons. The van der Waals surface area contributed by atoms with E-state index in [-0.39, 0.29) is 5.95 Å². The molecule has 31 heavy (non-hydrogen) atoms. The number of fused-ring (bicyclic) bond motifs is 1. The summed E-state index contributed by atoms with van der Waals surface area (Å²) in [5, 5.41) is 0.701. The normalized spacial score (nSPS) is 15.9. The number of anilines is 2. The lowest BCUT2D eigenvalue weighted by Crippen LogP contribution is -2.35. The third kappa shape index (κ3) is 5.05. The molecule has 1 aliphatic rings. The summed E-state index contributed by atoms with van der Waals surface area (Å²) in [6.07, 6.45) is 3.29. The summed E-state index contributed by atoms with van der Waals surface area (Å²) in [7, 11) is -3.16. The summed E-state index contributed by atoms with van der Waals surface area (Å²) in [6, 6.07) is 12.7. The maximum absolute atomic E-state index is 11.6. The second kappa shape index (κ2) is 8.68. The molecule has 0 bridgehead atoms. The van der Waals surface area contributed by atoms with Crippen molar-refractivity contribution < 1.29 is 13.2 Å². The standard InChI is InChI=1S/C22H27N5O3S/c1-31(28,29)17-7-5-15(6-8-17)13-27-11-9-16(10-12-27)14-30-19-4-2-3-18-20(19)21(23)26-22(24)25-18/h2-8,16H,9-14H2,1H3,(H4,23,24,25,26). The monoisotopic (exact) mass is 441 g/mol. The average Bonchev–Trinajstić information content (AvgIpc) is 2.72. The Kier molecular flexibility index (Phi) is 5.97. The highest BCUT2D eigenvalue weighted by Gasteiger charge is 2.21. The van der Waals surface area contributed by atoms with E-state index in [9.17, 15) is 8.42 Å². The fraction of sp³-hybridized carbons (Fsp3) is 0.364. The summed E-state index contributed by atoms with van der Waals surface area (Å²) in [5.74, 6) is 1.62. The van der Waals surface area contributed by atoms with Crippen molar-refractivity contribution in [1.82, 2.24) is 14.9 Å². The molecule has 8 nitrogen and oxygen atoms in total. The van der Waals surface area contributed by atoms with Gasteiger partial charge in [-0.3, -0.25) is 4.90 Å². The number of nitrogens with two attached hydrogens (primary N) is 2. The van der Waals surface area contributed by atoms with Crippen LogP contribution in [0.2, 0.25) is 0 Å². The summed E-state index contributed by atoms with van der Waals surface area (Å²) in [6.45, 7) is 3.37. The number of hydrogen-bond donors (Lipinski definition) is 2. The van der Waals surface area contributed by atoms with Gasteiger partial charge in [-0.05, 0) is 61.7 Å². The molecule has 0 unspecified atom stereocenters. The lowest BCUT2D eigenvalue weighted by atomic mass is 9.97. The number of benzene rings is 2. The van der Waals surface area contributed by atoms with Crippen LogP contribution in [0.3, 0.4) is 0 Å². The van der Waals surface area contributed by atoms with Crippen LogP contribution < -0.4 is 16.2 Å². The Hall–Kier alpha value is -2.91. The number of sulfone groups is 1. The molecule has 0 radical (unpaired) electrons.